The Hall–Kier alpha value is -7.40. The number of ether oxygens (including phenoxy) is 1. The van der Waals surface area contributed by atoms with Gasteiger partial charge in [0.15, 0.2) is 5.82 Å². The number of carbonyl (C=O) groups excluding carboxylic acids is 1. The van der Waals surface area contributed by atoms with Crippen LogP contribution in [0.3, 0.4) is 0 Å². The number of hydrogen-bond acceptors (Lipinski definition) is 4. The molecule has 0 N–H and O–H groups in total. The maximum Gasteiger partial charge on any atom is 0.425 e. The van der Waals surface area contributed by atoms with Gasteiger partial charge in [-0.05, 0) is 58.8 Å². The van der Waals surface area contributed by atoms with Crippen molar-refractivity contribution < 1.29 is 9.53 Å². The van der Waals surface area contributed by atoms with E-state index in [0.29, 0.717) is 11.6 Å². The van der Waals surface area contributed by atoms with Crippen molar-refractivity contribution in [3.63, 3.8) is 0 Å². The van der Waals surface area contributed by atoms with E-state index in [2.05, 4.69) is 114 Å². The van der Waals surface area contributed by atoms with Gasteiger partial charge in [-0.2, -0.15) is 0 Å². The first kappa shape index (κ1) is 33.9. The third-order valence-electron chi connectivity index (χ3n) is 10.8. The highest BCUT2D eigenvalue weighted by Gasteiger charge is 2.32. The Bertz CT molecular complexity index is 3300. The molecule has 3 aromatic heterocycles. The molecule has 0 radical (unpaired) electrons. The molecule has 8 aromatic carbocycles. The molecule has 0 amide bonds. The van der Waals surface area contributed by atoms with Crippen LogP contribution >= 0.6 is 8.07 Å². The van der Waals surface area contributed by atoms with Gasteiger partial charge in [0.25, 0.3) is 0 Å². The van der Waals surface area contributed by atoms with Crippen molar-refractivity contribution in [3.05, 3.63) is 200 Å². The van der Waals surface area contributed by atoms with E-state index in [1.54, 1.807) is 4.57 Å². The van der Waals surface area contributed by atoms with Crippen LogP contribution in [0.4, 0.5) is 4.79 Å². The van der Waals surface area contributed by atoms with E-state index in [1.165, 1.54) is 0 Å². The van der Waals surface area contributed by atoms with Gasteiger partial charge in [-0.1, -0.05) is 152 Å². The summed E-state index contributed by atoms with van der Waals surface area (Å²) >= 11 is 0. The minimum atomic E-state index is -1.29. The van der Waals surface area contributed by atoms with E-state index in [0.717, 1.165) is 81.8 Å². The fourth-order valence-corrected chi connectivity index (χ4v) is 10.7. The summed E-state index contributed by atoms with van der Waals surface area (Å²) in [4.78, 5) is 25.0. The quantitative estimate of drug-likeness (QED) is 0.158. The minimum absolute atomic E-state index is 0.474. The van der Waals surface area contributed by atoms with Gasteiger partial charge in [-0.25, -0.2) is 19.3 Å². The second-order valence-corrected chi connectivity index (χ2v) is 16.3. The first-order valence-electron chi connectivity index (χ1n) is 19.2. The fraction of sp³-hybridized carbons (Fsp3) is 0. The highest BCUT2D eigenvalue weighted by molar-refractivity contribution is 7.72. The van der Waals surface area contributed by atoms with E-state index in [9.17, 15) is 4.79 Å². The first-order chi connectivity index (χ1) is 28.7. The lowest BCUT2D eigenvalue weighted by Gasteiger charge is -2.23. The summed E-state index contributed by atoms with van der Waals surface area (Å²) in [6, 6.07) is 66.2. The second kappa shape index (κ2) is 14.0. The predicted molar refractivity (Wildman–Crippen MR) is 239 cm³/mol. The molecular weight excluding hydrogens is 732 g/mol. The van der Waals surface area contributed by atoms with Gasteiger partial charge in [-0.15, -0.1) is 0 Å². The van der Waals surface area contributed by atoms with E-state index < -0.39 is 14.2 Å². The van der Waals surface area contributed by atoms with Crippen molar-refractivity contribution >= 4 is 79.3 Å². The Morgan fingerprint density at radius 3 is 1.95 bits per heavy atom. The fourth-order valence-electron chi connectivity index (χ4n) is 8.28. The van der Waals surface area contributed by atoms with Crippen molar-refractivity contribution in [1.29, 1.82) is 0 Å². The summed E-state index contributed by atoms with van der Waals surface area (Å²) in [5.41, 5.74) is 6.31. The van der Waals surface area contributed by atoms with Gasteiger partial charge in [0.05, 0.1) is 24.6 Å². The number of para-hydroxylation sites is 3. The Kier molecular flexibility index (Phi) is 8.16. The molecule has 0 aliphatic rings. The Balaban J connectivity index is 1.34. The summed E-state index contributed by atoms with van der Waals surface area (Å²) in [7, 11) is -1.29. The molecule has 0 aliphatic carbocycles. The number of fused-ring (bicyclic) bond motifs is 7. The van der Waals surface area contributed by atoms with E-state index in [4.69, 9.17) is 14.7 Å². The first-order valence-corrected chi connectivity index (χ1v) is 20.5. The molecular formula is C51H33N4O2P. The zero-order valence-corrected chi connectivity index (χ0v) is 32.0. The van der Waals surface area contributed by atoms with Gasteiger partial charge in [-0.3, -0.25) is 4.34 Å². The van der Waals surface area contributed by atoms with Crippen LogP contribution in [-0.4, -0.2) is 25.0 Å². The molecule has 11 aromatic rings. The maximum absolute atomic E-state index is 14.9. The van der Waals surface area contributed by atoms with Gasteiger partial charge in [0, 0.05) is 49.5 Å². The van der Waals surface area contributed by atoms with Crippen LogP contribution in [-0.2, 0) is 0 Å². The monoisotopic (exact) mass is 764 g/mol. The molecule has 0 saturated carbocycles. The van der Waals surface area contributed by atoms with E-state index in [1.807, 2.05) is 91.1 Å². The van der Waals surface area contributed by atoms with Crippen molar-refractivity contribution in [2.24, 2.45) is 0 Å². The van der Waals surface area contributed by atoms with Gasteiger partial charge in [0.1, 0.15) is 11.4 Å². The second-order valence-electron chi connectivity index (χ2n) is 14.2. The molecule has 7 heteroatoms. The van der Waals surface area contributed by atoms with Crippen molar-refractivity contribution in [2.75, 3.05) is 0 Å². The topological polar surface area (TPSA) is 61.9 Å². The van der Waals surface area contributed by atoms with Gasteiger partial charge >= 0.3 is 6.09 Å². The minimum Gasteiger partial charge on any atom is -0.410 e. The summed E-state index contributed by atoms with van der Waals surface area (Å²) in [5.74, 6) is 1.10. The number of aromatic nitrogens is 4. The van der Waals surface area contributed by atoms with Crippen molar-refractivity contribution in [3.8, 4) is 28.3 Å². The summed E-state index contributed by atoms with van der Waals surface area (Å²) in [6.07, 6.45) is 1.42. The van der Waals surface area contributed by atoms with Crippen molar-refractivity contribution in [1.82, 2.24) is 18.9 Å². The molecule has 3 heterocycles. The Labute approximate surface area is 335 Å². The van der Waals surface area contributed by atoms with Gasteiger partial charge < -0.3 is 4.74 Å². The number of rotatable bonds is 6. The zero-order valence-electron chi connectivity index (χ0n) is 31.1. The zero-order chi connectivity index (χ0) is 38.6. The molecule has 274 valence electrons. The molecule has 11 rings (SSSR count). The molecule has 0 aliphatic heterocycles. The molecule has 6 nitrogen and oxygen atoms in total. The van der Waals surface area contributed by atoms with Gasteiger partial charge in [0.2, 0.25) is 0 Å². The average Bonchev–Trinajstić information content (AvgIpc) is 3.79. The van der Waals surface area contributed by atoms with E-state index >= 15 is 0 Å². The van der Waals surface area contributed by atoms with E-state index in [-0.39, 0.29) is 0 Å². The Morgan fingerprint density at radius 1 is 0.552 bits per heavy atom. The molecule has 0 bridgehead atoms. The lowest BCUT2D eigenvalue weighted by molar-refractivity contribution is 0.204. The molecule has 0 fully saturated rings. The molecule has 0 unspecified atom stereocenters. The Morgan fingerprint density at radius 2 is 1.19 bits per heavy atom. The molecule has 0 atom stereocenters. The van der Waals surface area contributed by atoms with Crippen LogP contribution in [0, 0.1) is 0 Å². The van der Waals surface area contributed by atoms with Crippen LogP contribution in [0.1, 0.15) is 0 Å². The summed E-state index contributed by atoms with van der Waals surface area (Å²) in [5, 5.41) is 8.46. The summed E-state index contributed by atoms with van der Waals surface area (Å²) in [6.45, 7) is 0. The third kappa shape index (κ3) is 5.57. The predicted octanol–water partition coefficient (Wildman–Crippen LogP) is 12.1. The SMILES string of the molecule is O=C(Oc1ccccc1)n1c2ccccc2c2c3c(-c4ccc5ccccc5c4)c(-c4ncc5ccccc5n4)ccc3n(P(c3ccccc3)c3ccccc3)c21. The lowest BCUT2D eigenvalue weighted by Crippen LogP contribution is -2.21. The van der Waals surface area contributed by atoms with Crippen LogP contribution in [0.15, 0.2) is 200 Å². The number of nitrogens with zero attached hydrogens (tertiary/aromatic N) is 4. The van der Waals surface area contributed by atoms with Crippen LogP contribution in [0.2, 0.25) is 0 Å². The molecule has 0 spiro atoms. The average molecular weight is 765 g/mol. The summed E-state index contributed by atoms with van der Waals surface area (Å²) < 4.78 is 10.4. The van der Waals surface area contributed by atoms with Crippen molar-refractivity contribution in [2.45, 2.75) is 0 Å². The number of hydrogen-bond donors (Lipinski definition) is 0. The smallest absolute Gasteiger partial charge is 0.410 e. The highest BCUT2D eigenvalue weighted by Crippen LogP contribution is 2.51. The number of benzene rings is 8. The normalized spacial score (nSPS) is 11.7. The largest absolute Gasteiger partial charge is 0.425 e. The highest BCUT2D eigenvalue weighted by atomic mass is 31.1. The molecule has 58 heavy (non-hydrogen) atoms. The number of carbonyl (C=O) groups is 1. The van der Waals surface area contributed by atoms with Crippen LogP contribution in [0.5, 0.6) is 5.75 Å². The molecule has 0 saturated heterocycles. The standard InChI is InChI=1S/C51H33N4O2P/c56-51(57-38-19-4-1-5-20-38)54-44-27-15-13-25-41(44)47-48-45(55(50(47)54)58(39-21-6-2-7-22-39)40-23-8-3-9-24-40)31-30-42(49-52-33-37-18-12-14-26-43(37)53-49)46(48)36-29-28-34-16-10-11-17-35(34)32-36/h1-33H. The maximum atomic E-state index is 14.9. The third-order valence-corrected chi connectivity index (χ3v) is 13.2. The van der Waals surface area contributed by atoms with Crippen LogP contribution < -0.4 is 15.3 Å². The lowest BCUT2D eigenvalue weighted by atomic mass is 9.92. The van der Waals surface area contributed by atoms with Crippen LogP contribution in [0.25, 0.3) is 77.0 Å².